The SMILES string of the molecule is CCC.CCC.Cc1ccc(Oc2ccc(CCc3ccc(C(C)c4ccc(O)c(C)c4)cc3C)cc2)cc1. The Kier molecular flexibility index (Phi) is 13.4. The fourth-order valence-electron chi connectivity index (χ4n) is 4.15. The lowest BCUT2D eigenvalue weighted by atomic mass is 9.89. The lowest BCUT2D eigenvalue weighted by Crippen LogP contribution is -2.00. The summed E-state index contributed by atoms with van der Waals surface area (Å²) in [6.45, 7) is 16.9. The van der Waals surface area contributed by atoms with Gasteiger partial charge in [-0.1, -0.05) is 108 Å². The maximum Gasteiger partial charge on any atom is 0.127 e. The highest BCUT2D eigenvalue weighted by Crippen LogP contribution is 2.29. The Labute approximate surface area is 237 Å². The summed E-state index contributed by atoms with van der Waals surface area (Å²) in [6.07, 6.45) is 4.51. The van der Waals surface area contributed by atoms with E-state index in [1.54, 1.807) is 6.07 Å². The first-order chi connectivity index (χ1) is 18.7. The number of aryl methyl sites for hydroxylation is 5. The Morgan fingerprint density at radius 3 is 1.62 bits per heavy atom. The van der Waals surface area contributed by atoms with Gasteiger partial charge in [0, 0.05) is 5.92 Å². The highest BCUT2D eigenvalue weighted by atomic mass is 16.5. The van der Waals surface area contributed by atoms with Gasteiger partial charge in [-0.3, -0.25) is 0 Å². The van der Waals surface area contributed by atoms with E-state index in [0.717, 1.165) is 29.9 Å². The van der Waals surface area contributed by atoms with Crippen molar-refractivity contribution in [1.29, 1.82) is 0 Å². The molecule has 0 saturated heterocycles. The lowest BCUT2D eigenvalue weighted by Gasteiger charge is -2.16. The Balaban J connectivity index is 0.000000815. The summed E-state index contributed by atoms with van der Waals surface area (Å²) >= 11 is 0. The van der Waals surface area contributed by atoms with E-state index >= 15 is 0 Å². The van der Waals surface area contributed by atoms with Crippen LogP contribution in [0, 0.1) is 20.8 Å². The second-order valence-corrected chi connectivity index (χ2v) is 10.4. The quantitative estimate of drug-likeness (QED) is 0.260. The zero-order chi connectivity index (χ0) is 28.8. The molecule has 4 aromatic carbocycles. The fourth-order valence-corrected chi connectivity index (χ4v) is 4.15. The van der Waals surface area contributed by atoms with Crippen molar-refractivity contribution in [3.05, 3.63) is 124 Å². The van der Waals surface area contributed by atoms with Gasteiger partial charge in [0.05, 0.1) is 0 Å². The molecule has 4 aromatic rings. The van der Waals surface area contributed by atoms with Gasteiger partial charge in [-0.05, 0) is 97.3 Å². The number of ether oxygens (including phenoxy) is 1. The minimum Gasteiger partial charge on any atom is -0.508 e. The number of hydrogen-bond donors (Lipinski definition) is 1. The van der Waals surface area contributed by atoms with E-state index in [4.69, 9.17) is 4.74 Å². The van der Waals surface area contributed by atoms with Gasteiger partial charge >= 0.3 is 0 Å². The molecule has 1 unspecified atom stereocenters. The molecule has 0 heterocycles. The first-order valence-electron chi connectivity index (χ1n) is 14.4. The van der Waals surface area contributed by atoms with Gasteiger partial charge in [0.25, 0.3) is 0 Å². The molecule has 0 spiro atoms. The van der Waals surface area contributed by atoms with Crippen LogP contribution in [0.15, 0.2) is 84.9 Å². The van der Waals surface area contributed by atoms with Crippen LogP contribution < -0.4 is 4.74 Å². The smallest absolute Gasteiger partial charge is 0.127 e. The molecule has 2 heteroatoms. The third-order valence-corrected chi connectivity index (χ3v) is 6.45. The van der Waals surface area contributed by atoms with Gasteiger partial charge in [-0.15, -0.1) is 0 Å². The Morgan fingerprint density at radius 2 is 1.10 bits per heavy atom. The molecule has 0 fully saturated rings. The van der Waals surface area contributed by atoms with Crippen LogP contribution in [0.4, 0.5) is 0 Å². The van der Waals surface area contributed by atoms with E-state index in [1.807, 2.05) is 37.3 Å². The molecule has 0 saturated carbocycles. The number of aromatic hydroxyl groups is 1. The summed E-state index contributed by atoms with van der Waals surface area (Å²) in [6, 6.07) is 29.2. The molecular weight excluding hydrogens is 476 g/mol. The van der Waals surface area contributed by atoms with Crippen molar-refractivity contribution in [2.75, 3.05) is 0 Å². The van der Waals surface area contributed by atoms with Crippen molar-refractivity contribution in [3.8, 4) is 17.2 Å². The van der Waals surface area contributed by atoms with E-state index in [9.17, 15) is 5.11 Å². The summed E-state index contributed by atoms with van der Waals surface area (Å²) in [5.41, 5.74) is 8.70. The third kappa shape index (κ3) is 10.3. The molecular formula is C37H48O2. The van der Waals surface area contributed by atoms with Gasteiger partial charge in [0.15, 0.2) is 0 Å². The fraction of sp³-hybridized carbons (Fsp3) is 0.351. The van der Waals surface area contributed by atoms with Gasteiger partial charge in [-0.25, -0.2) is 0 Å². The number of phenols is 1. The molecule has 1 N–H and O–H groups in total. The van der Waals surface area contributed by atoms with Crippen LogP contribution in [0.1, 0.15) is 92.3 Å². The Morgan fingerprint density at radius 1 is 0.615 bits per heavy atom. The van der Waals surface area contributed by atoms with E-state index in [2.05, 4.69) is 97.0 Å². The average molecular weight is 525 g/mol. The van der Waals surface area contributed by atoms with Gasteiger partial charge < -0.3 is 9.84 Å². The summed E-state index contributed by atoms with van der Waals surface area (Å²) in [7, 11) is 0. The molecule has 0 aliphatic heterocycles. The largest absolute Gasteiger partial charge is 0.508 e. The molecule has 0 radical (unpaired) electrons. The molecule has 1 atom stereocenters. The Bertz CT molecular complexity index is 1250. The summed E-state index contributed by atoms with van der Waals surface area (Å²) in [4.78, 5) is 0. The molecule has 4 rings (SSSR count). The zero-order valence-electron chi connectivity index (χ0n) is 25.3. The van der Waals surface area contributed by atoms with Crippen LogP contribution in [0.5, 0.6) is 17.2 Å². The van der Waals surface area contributed by atoms with Crippen molar-refractivity contribution >= 4 is 0 Å². The minimum absolute atomic E-state index is 0.290. The maximum atomic E-state index is 9.81. The average Bonchev–Trinajstić information content (AvgIpc) is 2.92. The number of hydrogen-bond acceptors (Lipinski definition) is 2. The Hall–Kier alpha value is -3.52. The third-order valence-electron chi connectivity index (χ3n) is 6.45. The highest BCUT2D eigenvalue weighted by molar-refractivity contribution is 5.42. The number of phenolic OH excluding ortho intramolecular Hbond substituents is 1. The molecule has 0 aliphatic carbocycles. The molecule has 208 valence electrons. The van der Waals surface area contributed by atoms with Gasteiger partial charge in [0.1, 0.15) is 17.2 Å². The van der Waals surface area contributed by atoms with E-state index in [0.29, 0.717) is 5.75 Å². The van der Waals surface area contributed by atoms with Crippen LogP contribution in [-0.4, -0.2) is 5.11 Å². The normalized spacial score (nSPS) is 11.0. The first-order valence-corrected chi connectivity index (χ1v) is 14.4. The first kappa shape index (κ1) is 31.7. The number of benzene rings is 4. The van der Waals surface area contributed by atoms with Crippen molar-refractivity contribution in [2.24, 2.45) is 0 Å². The lowest BCUT2D eigenvalue weighted by molar-refractivity contribution is 0.470. The topological polar surface area (TPSA) is 29.5 Å². The molecule has 2 nitrogen and oxygen atoms in total. The monoisotopic (exact) mass is 524 g/mol. The summed E-state index contributed by atoms with van der Waals surface area (Å²) < 4.78 is 5.94. The maximum absolute atomic E-state index is 9.81. The van der Waals surface area contributed by atoms with E-state index < -0.39 is 0 Å². The van der Waals surface area contributed by atoms with E-state index in [1.165, 1.54) is 46.2 Å². The number of rotatable bonds is 7. The van der Waals surface area contributed by atoms with Crippen molar-refractivity contribution < 1.29 is 9.84 Å². The predicted molar refractivity (Wildman–Crippen MR) is 169 cm³/mol. The van der Waals surface area contributed by atoms with Crippen LogP contribution in [0.25, 0.3) is 0 Å². The van der Waals surface area contributed by atoms with Crippen LogP contribution in [0.2, 0.25) is 0 Å². The molecule has 0 bridgehead atoms. The second-order valence-electron chi connectivity index (χ2n) is 10.4. The molecule has 39 heavy (non-hydrogen) atoms. The molecule has 0 aliphatic rings. The molecule has 0 aromatic heterocycles. The van der Waals surface area contributed by atoms with Crippen LogP contribution >= 0.6 is 0 Å². The van der Waals surface area contributed by atoms with Crippen LogP contribution in [-0.2, 0) is 12.8 Å². The zero-order valence-corrected chi connectivity index (χ0v) is 25.3. The van der Waals surface area contributed by atoms with E-state index in [-0.39, 0.29) is 5.92 Å². The van der Waals surface area contributed by atoms with Crippen molar-refractivity contribution in [3.63, 3.8) is 0 Å². The summed E-state index contributed by atoms with van der Waals surface area (Å²) in [5.74, 6) is 2.37. The highest BCUT2D eigenvalue weighted by Gasteiger charge is 2.11. The second kappa shape index (κ2) is 16.4. The standard InChI is InChI=1S/C31H32O2.2C3H8/c1-21-5-14-29(15-6-21)33-30-16-8-25(9-17-30)7-10-26-11-12-27(19-22(26)2)24(4)28-13-18-31(32)23(3)20-28;2*1-3-2/h5-6,8-9,11-20,24,32H,7,10H2,1-4H3;2*3H2,1-2H3. The van der Waals surface area contributed by atoms with Crippen molar-refractivity contribution in [1.82, 2.24) is 0 Å². The predicted octanol–water partition coefficient (Wildman–Crippen LogP) is 10.9. The van der Waals surface area contributed by atoms with Gasteiger partial charge in [0.2, 0.25) is 0 Å². The summed E-state index contributed by atoms with van der Waals surface area (Å²) in [5, 5.41) is 9.81. The van der Waals surface area contributed by atoms with Crippen molar-refractivity contribution in [2.45, 2.75) is 87.0 Å². The van der Waals surface area contributed by atoms with Gasteiger partial charge in [-0.2, -0.15) is 0 Å². The van der Waals surface area contributed by atoms with Crippen LogP contribution in [0.3, 0.4) is 0 Å². The minimum atomic E-state index is 0.290. The molecule has 0 amide bonds.